The van der Waals surface area contributed by atoms with Crippen LogP contribution in [0.1, 0.15) is 232 Å². The average Bonchev–Trinajstić information content (AvgIpc) is 3.31. The summed E-state index contributed by atoms with van der Waals surface area (Å²) in [6.45, 7) is 3.74. The fraction of sp³-hybridized carbons (Fsp3) is 0.804. The molecule has 0 bridgehead atoms. The van der Waals surface area contributed by atoms with E-state index in [0.29, 0.717) is 6.42 Å². The Morgan fingerprint density at radius 3 is 1.38 bits per heavy atom. The number of amides is 1. The van der Waals surface area contributed by atoms with E-state index in [1.165, 1.54) is 154 Å². The predicted molar refractivity (Wildman–Crippen MR) is 272 cm³/mol. The summed E-state index contributed by atoms with van der Waals surface area (Å²) in [5.41, 5.74) is 0. The molecule has 0 saturated carbocycles. The first kappa shape index (κ1) is 60.9. The highest BCUT2D eigenvalue weighted by Gasteiger charge is 2.44. The highest BCUT2D eigenvalue weighted by atomic mass is 16.7. The molecule has 6 N–H and O–H groups in total. The van der Waals surface area contributed by atoms with Gasteiger partial charge in [-0.05, 0) is 77.0 Å². The molecule has 9 heteroatoms. The van der Waals surface area contributed by atoms with E-state index in [9.17, 15) is 30.3 Å². The molecule has 378 valence electrons. The first-order chi connectivity index (χ1) is 31.8. The molecule has 7 unspecified atom stereocenters. The number of carbonyl (C=O) groups is 1. The molecular weight excluding hydrogens is 815 g/mol. The van der Waals surface area contributed by atoms with Crippen LogP contribution in [0.25, 0.3) is 0 Å². The van der Waals surface area contributed by atoms with E-state index in [4.69, 9.17) is 9.47 Å². The van der Waals surface area contributed by atoms with Gasteiger partial charge in [-0.2, -0.15) is 0 Å². The zero-order valence-corrected chi connectivity index (χ0v) is 41.7. The van der Waals surface area contributed by atoms with Crippen molar-refractivity contribution >= 4 is 5.91 Å². The monoisotopic (exact) mass is 916 g/mol. The quantitative estimate of drug-likeness (QED) is 0.0261. The van der Waals surface area contributed by atoms with Crippen LogP contribution in [-0.2, 0) is 14.3 Å². The Labute approximate surface area is 398 Å². The van der Waals surface area contributed by atoms with E-state index >= 15 is 0 Å². The average molecular weight is 916 g/mol. The number of carbonyl (C=O) groups excluding carboxylic acids is 1. The van der Waals surface area contributed by atoms with Gasteiger partial charge in [-0.3, -0.25) is 4.79 Å². The van der Waals surface area contributed by atoms with Crippen molar-refractivity contribution in [1.29, 1.82) is 0 Å². The molecule has 1 rings (SSSR count). The Morgan fingerprint density at radius 1 is 0.523 bits per heavy atom. The van der Waals surface area contributed by atoms with Gasteiger partial charge in [-0.1, -0.05) is 209 Å². The second kappa shape index (κ2) is 45.7. The van der Waals surface area contributed by atoms with Gasteiger partial charge in [0.25, 0.3) is 0 Å². The van der Waals surface area contributed by atoms with Gasteiger partial charge >= 0.3 is 0 Å². The minimum Gasteiger partial charge on any atom is -0.394 e. The first-order valence-corrected chi connectivity index (χ1v) is 27.0. The van der Waals surface area contributed by atoms with Crippen LogP contribution in [0.3, 0.4) is 0 Å². The lowest BCUT2D eigenvalue weighted by Crippen LogP contribution is -2.60. The van der Waals surface area contributed by atoms with Gasteiger partial charge in [0.05, 0.1) is 25.4 Å². The zero-order chi connectivity index (χ0) is 47.3. The SMILES string of the molecule is CCCCCCC/C=C\C/C=C\CCCCCCCCCCCCCCCC(=O)NC(COC1OC(CO)C(O)C(O)C1O)C(O)/C=C/CC/C=C/CC/C=C/CCCCCCCCC. The van der Waals surface area contributed by atoms with Crippen molar-refractivity contribution in [2.45, 2.75) is 275 Å². The molecule has 1 saturated heterocycles. The normalized spacial score (nSPS) is 20.4. The third-order valence-electron chi connectivity index (χ3n) is 12.5. The molecule has 1 aliphatic rings. The maximum absolute atomic E-state index is 13.0. The third kappa shape index (κ3) is 35.7. The second-order valence-corrected chi connectivity index (χ2v) is 18.6. The molecule has 1 aliphatic heterocycles. The summed E-state index contributed by atoms with van der Waals surface area (Å²) in [6, 6.07) is -0.830. The lowest BCUT2D eigenvalue weighted by molar-refractivity contribution is -0.302. The summed E-state index contributed by atoms with van der Waals surface area (Å²) in [5.74, 6) is -0.192. The molecule has 1 fully saturated rings. The van der Waals surface area contributed by atoms with Crippen molar-refractivity contribution in [2.24, 2.45) is 0 Å². The highest BCUT2D eigenvalue weighted by molar-refractivity contribution is 5.76. The summed E-state index contributed by atoms with van der Waals surface area (Å²) < 4.78 is 11.2. The van der Waals surface area contributed by atoms with Crippen LogP contribution in [0.15, 0.2) is 60.8 Å². The fourth-order valence-electron chi connectivity index (χ4n) is 8.22. The van der Waals surface area contributed by atoms with Crippen molar-refractivity contribution in [3.05, 3.63) is 60.8 Å². The van der Waals surface area contributed by atoms with E-state index in [0.717, 1.165) is 57.8 Å². The summed E-state index contributed by atoms with van der Waals surface area (Å²) in [6.07, 6.45) is 54.2. The summed E-state index contributed by atoms with van der Waals surface area (Å²) in [7, 11) is 0. The molecule has 0 aromatic rings. The standard InChI is InChI=1S/C56H101NO8/c1-3-5-7-9-11-13-15-17-19-21-22-23-24-25-26-27-28-30-32-34-36-38-40-42-44-46-52(60)57-49(48-64-56-55(63)54(62)53(61)51(47-58)65-56)50(59)45-43-41-39-37-35-33-31-29-20-18-16-14-12-10-8-6-4-2/h15,17,20-22,29,35,37,43,45,49-51,53-56,58-59,61-63H,3-14,16,18-19,23-28,30-34,36,38-42,44,46-48H2,1-2H3,(H,57,60)/b17-15-,22-21-,29-20+,37-35+,45-43+. The molecule has 0 aliphatic carbocycles. The van der Waals surface area contributed by atoms with Gasteiger partial charge in [0, 0.05) is 6.42 Å². The molecule has 0 spiro atoms. The van der Waals surface area contributed by atoms with E-state index < -0.39 is 49.5 Å². The van der Waals surface area contributed by atoms with E-state index in [1.807, 2.05) is 6.08 Å². The molecule has 0 radical (unpaired) electrons. The van der Waals surface area contributed by atoms with Gasteiger partial charge < -0.3 is 40.3 Å². The highest BCUT2D eigenvalue weighted by Crippen LogP contribution is 2.23. The minimum atomic E-state index is -1.58. The Morgan fingerprint density at radius 2 is 0.923 bits per heavy atom. The Hall–Kier alpha value is -2.11. The van der Waals surface area contributed by atoms with Gasteiger partial charge in [-0.15, -0.1) is 0 Å². The van der Waals surface area contributed by atoms with Gasteiger partial charge in [-0.25, -0.2) is 0 Å². The molecule has 1 heterocycles. The fourth-order valence-corrected chi connectivity index (χ4v) is 8.22. The van der Waals surface area contributed by atoms with Gasteiger partial charge in [0.2, 0.25) is 5.91 Å². The number of aliphatic hydroxyl groups excluding tert-OH is 5. The first-order valence-electron chi connectivity index (χ1n) is 27.0. The van der Waals surface area contributed by atoms with E-state index in [2.05, 4.69) is 67.8 Å². The van der Waals surface area contributed by atoms with Gasteiger partial charge in [0.15, 0.2) is 6.29 Å². The molecule has 0 aromatic heterocycles. The summed E-state index contributed by atoms with van der Waals surface area (Å²) >= 11 is 0. The van der Waals surface area contributed by atoms with Crippen LogP contribution in [0.2, 0.25) is 0 Å². The molecule has 65 heavy (non-hydrogen) atoms. The van der Waals surface area contributed by atoms with Gasteiger partial charge in [0.1, 0.15) is 24.4 Å². The Kier molecular flexibility index (Phi) is 42.8. The van der Waals surface area contributed by atoms with Crippen molar-refractivity contribution < 1.29 is 39.8 Å². The number of ether oxygens (including phenoxy) is 2. The lowest BCUT2D eigenvalue weighted by Gasteiger charge is -2.40. The predicted octanol–water partition coefficient (Wildman–Crippen LogP) is 12.7. The van der Waals surface area contributed by atoms with Crippen LogP contribution in [0.5, 0.6) is 0 Å². The number of unbranched alkanes of at least 4 members (excludes halogenated alkanes) is 27. The maximum Gasteiger partial charge on any atom is 0.220 e. The maximum atomic E-state index is 13.0. The number of rotatable bonds is 45. The number of aliphatic hydroxyl groups is 5. The van der Waals surface area contributed by atoms with Crippen molar-refractivity contribution in [1.82, 2.24) is 5.32 Å². The molecule has 7 atom stereocenters. The summed E-state index contributed by atoms with van der Waals surface area (Å²) in [5, 5.41) is 54.4. The second-order valence-electron chi connectivity index (χ2n) is 18.6. The molecule has 0 aromatic carbocycles. The van der Waals surface area contributed by atoms with Crippen molar-refractivity contribution in [3.8, 4) is 0 Å². The van der Waals surface area contributed by atoms with Crippen LogP contribution >= 0.6 is 0 Å². The molecular formula is C56H101NO8. The Balaban J connectivity index is 2.27. The third-order valence-corrected chi connectivity index (χ3v) is 12.5. The molecule has 1 amide bonds. The number of allylic oxidation sites excluding steroid dienone is 9. The zero-order valence-electron chi connectivity index (χ0n) is 41.7. The van der Waals surface area contributed by atoms with Crippen LogP contribution in [0.4, 0.5) is 0 Å². The number of hydrogen-bond donors (Lipinski definition) is 6. The number of hydrogen-bond acceptors (Lipinski definition) is 8. The Bertz CT molecular complexity index is 1200. The van der Waals surface area contributed by atoms with Crippen LogP contribution < -0.4 is 5.32 Å². The largest absolute Gasteiger partial charge is 0.394 e. The van der Waals surface area contributed by atoms with Crippen LogP contribution in [-0.4, -0.2) is 87.5 Å². The van der Waals surface area contributed by atoms with E-state index in [1.54, 1.807) is 6.08 Å². The smallest absolute Gasteiger partial charge is 0.220 e. The molecule has 9 nitrogen and oxygen atoms in total. The topological polar surface area (TPSA) is 149 Å². The summed E-state index contributed by atoms with van der Waals surface area (Å²) in [4.78, 5) is 13.0. The van der Waals surface area contributed by atoms with E-state index in [-0.39, 0.29) is 12.5 Å². The van der Waals surface area contributed by atoms with Crippen molar-refractivity contribution in [3.63, 3.8) is 0 Å². The minimum absolute atomic E-state index is 0.192. The van der Waals surface area contributed by atoms with Crippen LogP contribution in [0, 0.1) is 0 Å². The lowest BCUT2D eigenvalue weighted by atomic mass is 9.99. The van der Waals surface area contributed by atoms with Crippen molar-refractivity contribution in [2.75, 3.05) is 13.2 Å². The number of nitrogens with one attached hydrogen (secondary N) is 1.